The molecule has 2 fully saturated rings. The highest BCUT2D eigenvalue weighted by Crippen LogP contribution is 2.43. The van der Waals surface area contributed by atoms with Gasteiger partial charge in [0.2, 0.25) is 11.8 Å². The third-order valence-corrected chi connectivity index (χ3v) is 6.25. The first-order chi connectivity index (χ1) is 18.9. The third kappa shape index (κ3) is 5.52. The van der Waals surface area contributed by atoms with Crippen LogP contribution in [0.25, 0.3) is 0 Å². The summed E-state index contributed by atoms with van der Waals surface area (Å²) >= 11 is 0. The molecule has 1 aromatic rings. The lowest BCUT2D eigenvalue weighted by Crippen LogP contribution is -2.63. The first kappa shape index (κ1) is 29.3. The zero-order valence-corrected chi connectivity index (χ0v) is 23.1. The highest BCUT2D eigenvalue weighted by molar-refractivity contribution is 6.24. The first-order valence-electron chi connectivity index (χ1n) is 12.6. The summed E-state index contributed by atoms with van der Waals surface area (Å²) in [5.74, 6) is -7.83. The van der Waals surface area contributed by atoms with E-state index in [1.807, 2.05) is 10.6 Å². The van der Waals surface area contributed by atoms with Crippen LogP contribution in [-0.4, -0.2) is 68.9 Å². The van der Waals surface area contributed by atoms with Crippen LogP contribution in [0.1, 0.15) is 64.8 Å². The number of hydrogen-bond acceptors (Lipinski definition) is 11. The van der Waals surface area contributed by atoms with Crippen molar-refractivity contribution in [2.45, 2.75) is 64.8 Å². The van der Waals surface area contributed by atoms with Gasteiger partial charge in [-0.15, -0.1) is 0 Å². The summed E-state index contributed by atoms with van der Waals surface area (Å²) in [6, 6.07) is 1.19. The van der Waals surface area contributed by atoms with E-state index in [4.69, 9.17) is 9.47 Å². The number of hydrogen-bond donors (Lipinski definition) is 3. The average molecular weight is 572 g/mol. The maximum atomic E-state index is 13.4. The fourth-order valence-electron chi connectivity index (χ4n) is 4.73. The highest BCUT2D eigenvalue weighted by Gasteiger charge is 2.56. The number of urea groups is 2. The number of barbiturate groups is 2. The number of nitrogens with zero attached hydrogens (tertiary/aromatic N) is 2. The predicted octanol–water partition coefficient (Wildman–Crippen LogP) is 1.63. The second-order valence-corrected chi connectivity index (χ2v) is 11.6. The molecular weight excluding hydrogens is 542 g/mol. The maximum absolute atomic E-state index is 13.4. The molecule has 3 aliphatic rings. The largest absolute Gasteiger partial charge is 0.443 e. The molecule has 0 saturated carbocycles. The molecule has 0 spiro atoms. The molecule has 3 heterocycles. The Morgan fingerprint density at radius 1 is 0.659 bits per heavy atom. The van der Waals surface area contributed by atoms with Crippen LogP contribution in [0, 0.1) is 11.8 Å². The number of ether oxygens (including phenoxy) is 2. The van der Waals surface area contributed by atoms with E-state index in [2.05, 4.69) is 5.32 Å². The Morgan fingerprint density at radius 2 is 1.00 bits per heavy atom. The van der Waals surface area contributed by atoms with E-state index < -0.39 is 83.0 Å². The lowest BCUT2D eigenvalue weighted by Gasteiger charge is -2.34. The van der Waals surface area contributed by atoms with Gasteiger partial charge < -0.3 is 14.8 Å². The summed E-state index contributed by atoms with van der Waals surface area (Å²) in [5.41, 5.74) is -1.51. The van der Waals surface area contributed by atoms with Crippen LogP contribution in [0.4, 0.5) is 19.2 Å². The molecule has 0 aliphatic carbocycles. The van der Waals surface area contributed by atoms with Gasteiger partial charge in [-0.1, -0.05) is 24.3 Å². The molecule has 41 heavy (non-hydrogen) atoms. The molecule has 15 heteroatoms. The van der Waals surface area contributed by atoms with Gasteiger partial charge in [0.15, 0.2) is 0 Å². The molecule has 4 atom stereocenters. The molecule has 3 N–H and O–H groups in total. The molecule has 2 saturated heterocycles. The van der Waals surface area contributed by atoms with Crippen molar-refractivity contribution in [3.63, 3.8) is 0 Å². The molecule has 4 rings (SSSR count). The maximum Gasteiger partial charge on any atom is 0.425 e. The van der Waals surface area contributed by atoms with Gasteiger partial charge in [-0.25, -0.2) is 19.2 Å². The SMILES string of the molecule is CC(C)(C)OC(=O)N1C(=O)NC(=O)C(C2NC(C3C(=O)NC(=O)N(C(=O)OC(C)(C)C)C3=O)c3ccccc32)C1=O. The summed E-state index contributed by atoms with van der Waals surface area (Å²) in [6.45, 7) is 9.15. The van der Waals surface area contributed by atoms with Crippen LogP contribution in [0.15, 0.2) is 24.3 Å². The monoisotopic (exact) mass is 571 g/mol. The van der Waals surface area contributed by atoms with Crippen LogP contribution in [0.5, 0.6) is 0 Å². The lowest BCUT2D eigenvalue weighted by molar-refractivity contribution is -0.143. The van der Waals surface area contributed by atoms with Crippen molar-refractivity contribution in [3.8, 4) is 0 Å². The molecule has 218 valence electrons. The fourth-order valence-corrected chi connectivity index (χ4v) is 4.73. The van der Waals surface area contributed by atoms with Crippen molar-refractivity contribution in [3.05, 3.63) is 35.4 Å². The molecule has 0 radical (unpaired) electrons. The number of fused-ring (bicyclic) bond motifs is 1. The molecule has 15 nitrogen and oxygen atoms in total. The van der Waals surface area contributed by atoms with Crippen LogP contribution in [-0.2, 0) is 28.7 Å². The van der Waals surface area contributed by atoms with Gasteiger partial charge in [-0.05, 0) is 52.7 Å². The molecule has 10 amide bonds. The highest BCUT2D eigenvalue weighted by atomic mass is 16.6. The normalized spacial score (nSPS) is 25.0. The van der Waals surface area contributed by atoms with E-state index in [0.717, 1.165) is 0 Å². The van der Waals surface area contributed by atoms with Gasteiger partial charge in [0.05, 0.1) is 12.1 Å². The molecule has 4 unspecified atom stereocenters. The predicted molar refractivity (Wildman–Crippen MR) is 135 cm³/mol. The van der Waals surface area contributed by atoms with Crippen LogP contribution < -0.4 is 16.0 Å². The Balaban J connectivity index is 1.69. The summed E-state index contributed by atoms with van der Waals surface area (Å²) in [6.07, 6.45) is -2.60. The second kappa shape index (κ2) is 10.1. The summed E-state index contributed by atoms with van der Waals surface area (Å²) in [5, 5.41) is 6.86. The van der Waals surface area contributed by atoms with Crippen LogP contribution >= 0.6 is 0 Å². The van der Waals surface area contributed by atoms with Crippen molar-refractivity contribution >= 4 is 47.9 Å². The van der Waals surface area contributed by atoms with Gasteiger partial charge >= 0.3 is 24.2 Å². The minimum atomic E-state index is -1.70. The Bertz CT molecular complexity index is 1290. The zero-order chi connectivity index (χ0) is 30.6. The smallest absolute Gasteiger partial charge is 0.425 e. The van der Waals surface area contributed by atoms with Crippen molar-refractivity contribution < 1.29 is 47.8 Å². The number of carbonyl (C=O) groups excluding carboxylic acids is 8. The lowest BCUT2D eigenvalue weighted by atomic mass is 9.88. The van der Waals surface area contributed by atoms with Crippen molar-refractivity contribution in [2.75, 3.05) is 0 Å². The topological polar surface area (TPSA) is 198 Å². The number of carbonyl (C=O) groups is 8. The minimum Gasteiger partial charge on any atom is -0.443 e. The van der Waals surface area contributed by atoms with E-state index in [1.54, 1.807) is 12.1 Å². The molecule has 3 aliphatic heterocycles. The number of rotatable bonds is 2. The van der Waals surface area contributed by atoms with E-state index in [9.17, 15) is 38.4 Å². The first-order valence-corrected chi connectivity index (χ1v) is 12.6. The second-order valence-electron chi connectivity index (χ2n) is 11.6. The number of imide groups is 8. The quantitative estimate of drug-likeness (QED) is 0.436. The minimum absolute atomic E-state index is 0.177. The standard InChI is InChI=1S/C26H29N5O10/c1-25(2,3)40-23(38)30-19(34)13(17(32)28-21(30)36)15-11-9-7-8-10-12(11)16(27-15)14-18(33)29-22(37)31(20(14)35)24(39)41-26(4,5)6/h7-10,13-16,27H,1-6H3,(H,28,32,36)(H,29,33,37). The third-order valence-electron chi connectivity index (χ3n) is 6.25. The van der Waals surface area contributed by atoms with Crippen molar-refractivity contribution in [2.24, 2.45) is 11.8 Å². The number of nitrogens with one attached hydrogen (secondary N) is 3. The van der Waals surface area contributed by atoms with Crippen LogP contribution in [0.2, 0.25) is 0 Å². The Morgan fingerprint density at radius 3 is 1.32 bits per heavy atom. The molecule has 0 bridgehead atoms. The summed E-state index contributed by atoms with van der Waals surface area (Å²) < 4.78 is 10.3. The zero-order valence-electron chi connectivity index (χ0n) is 23.1. The Labute approximate surface area is 233 Å². The Kier molecular flexibility index (Phi) is 7.20. The van der Waals surface area contributed by atoms with Gasteiger partial charge in [0.25, 0.3) is 11.8 Å². The fraction of sp³-hybridized carbons (Fsp3) is 0.462. The molecule has 1 aromatic carbocycles. The van der Waals surface area contributed by atoms with E-state index in [-0.39, 0.29) is 9.80 Å². The molecular formula is C26H29N5O10. The van der Waals surface area contributed by atoms with Crippen molar-refractivity contribution in [1.29, 1.82) is 0 Å². The number of benzene rings is 1. The van der Waals surface area contributed by atoms with Crippen LogP contribution in [0.3, 0.4) is 0 Å². The van der Waals surface area contributed by atoms with E-state index >= 15 is 0 Å². The van der Waals surface area contributed by atoms with E-state index in [1.165, 1.54) is 53.7 Å². The Hall–Kier alpha value is -4.66. The van der Waals surface area contributed by atoms with Gasteiger partial charge in [-0.2, -0.15) is 9.80 Å². The van der Waals surface area contributed by atoms with Gasteiger partial charge in [0, 0.05) is 0 Å². The van der Waals surface area contributed by atoms with Crippen molar-refractivity contribution in [1.82, 2.24) is 25.8 Å². The summed E-state index contributed by atoms with van der Waals surface area (Å²) in [7, 11) is 0. The van der Waals surface area contributed by atoms with Gasteiger partial charge in [0.1, 0.15) is 23.0 Å². The summed E-state index contributed by atoms with van der Waals surface area (Å²) in [4.78, 5) is 103. The molecule has 0 aromatic heterocycles. The van der Waals surface area contributed by atoms with Gasteiger partial charge in [-0.3, -0.25) is 29.8 Å². The average Bonchev–Trinajstić information content (AvgIpc) is 3.15. The van der Waals surface area contributed by atoms with E-state index in [0.29, 0.717) is 11.1 Å². The number of amides is 10.